The van der Waals surface area contributed by atoms with Gasteiger partial charge in [-0.2, -0.15) is 0 Å². The smallest absolute Gasteiger partial charge is 0.201 e. The van der Waals surface area contributed by atoms with Crippen LogP contribution in [-0.4, -0.2) is 85.3 Å². The van der Waals surface area contributed by atoms with Crippen molar-refractivity contribution in [3.05, 3.63) is 82.2 Å². The minimum atomic E-state index is -0.708. The van der Waals surface area contributed by atoms with E-state index < -0.39 is 42.0 Å². The molecule has 354 valence electrons. The molecule has 0 spiro atoms. The van der Waals surface area contributed by atoms with Crippen LogP contribution in [0.3, 0.4) is 0 Å². The minimum Gasteiger partial charge on any atom is -0.504 e. The van der Waals surface area contributed by atoms with Crippen LogP contribution in [0.1, 0.15) is 167 Å². The number of phenols is 2. The van der Waals surface area contributed by atoms with Crippen molar-refractivity contribution in [2.24, 2.45) is 29.6 Å². The molecule has 11 nitrogen and oxygen atoms in total. The molecule has 4 saturated carbocycles. The van der Waals surface area contributed by atoms with E-state index in [9.17, 15) is 30.6 Å². The van der Waals surface area contributed by atoms with Crippen LogP contribution in [0.5, 0.6) is 23.0 Å². The van der Waals surface area contributed by atoms with Crippen molar-refractivity contribution in [2.45, 2.75) is 183 Å². The number of rotatable bonds is 8. The SMILES string of the molecule is COc1c(O)c(O)c(CO)c(C2CC(O)C3CCC(c4ccc5c(c4)C4C6C=CC(NC7CCCCC7)CC6CCC4C(O)CCC4(O)CCC(CCO5)C4)CC3O2)c1Cc1cc[nH]c1. The lowest BCUT2D eigenvalue weighted by Gasteiger charge is -2.48. The van der Waals surface area contributed by atoms with Gasteiger partial charge in [0.25, 0.3) is 0 Å². The molecule has 13 unspecified atom stereocenters. The minimum absolute atomic E-state index is 0.0381. The highest BCUT2D eigenvalue weighted by atomic mass is 16.5. The summed E-state index contributed by atoms with van der Waals surface area (Å²) in [5, 5.41) is 72.8. The number of aromatic hydroxyl groups is 2. The first-order valence-corrected chi connectivity index (χ1v) is 25.4. The van der Waals surface area contributed by atoms with E-state index in [0.29, 0.717) is 73.8 Å². The normalized spacial score (nSPS) is 36.4. The molecule has 3 heterocycles. The Kier molecular flexibility index (Phi) is 13.4. The number of aromatic nitrogens is 1. The van der Waals surface area contributed by atoms with E-state index in [2.05, 4.69) is 40.7 Å². The van der Waals surface area contributed by atoms with Gasteiger partial charge in [-0.05, 0) is 160 Å². The molecule has 0 radical (unpaired) electrons. The molecule has 0 amide bonds. The van der Waals surface area contributed by atoms with Crippen molar-refractivity contribution in [1.82, 2.24) is 10.3 Å². The number of phenolic OH excluding ortho intramolecular Hbond substituents is 1. The maximum absolute atomic E-state index is 12.3. The lowest BCUT2D eigenvalue weighted by atomic mass is 9.59. The van der Waals surface area contributed by atoms with Gasteiger partial charge in [0.05, 0.1) is 50.3 Å². The number of benzene rings is 2. The number of hydrogen-bond acceptors (Lipinski definition) is 10. The average Bonchev–Trinajstić information content (AvgIpc) is 3.98. The molecule has 2 aliphatic heterocycles. The van der Waals surface area contributed by atoms with Crippen LogP contribution in [0.15, 0.2) is 48.8 Å². The summed E-state index contributed by atoms with van der Waals surface area (Å²) in [6.45, 7) is 0.0833. The summed E-state index contributed by atoms with van der Waals surface area (Å²) in [7, 11) is 1.46. The Balaban J connectivity index is 0.971. The maximum atomic E-state index is 12.3. The van der Waals surface area contributed by atoms with Gasteiger partial charge in [-0.15, -0.1) is 0 Å². The first-order chi connectivity index (χ1) is 31.6. The molecule has 1 aromatic heterocycles. The molecule has 2 bridgehead atoms. The number of hydrogen-bond donors (Lipinski definition) is 8. The monoisotopic (exact) mass is 895 g/mol. The van der Waals surface area contributed by atoms with E-state index in [1.165, 1.54) is 50.3 Å². The molecule has 5 aliphatic carbocycles. The number of nitrogens with one attached hydrogen (secondary N) is 2. The summed E-state index contributed by atoms with van der Waals surface area (Å²) in [4.78, 5) is 3.09. The highest BCUT2D eigenvalue weighted by Gasteiger charge is 2.48. The molecule has 8 N–H and O–H groups in total. The van der Waals surface area contributed by atoms with Crippen LogP contribution in [0.4, 0.5) is 0 Å². The molecule has 11 heteroatoms. The Morgan fingerprint density at radius 1 is 0.846 bits per heavy atom. The molecule has 7 aliphatic rings. The Hall–Kier alpha value is -3.58. The standard InChI is InChI=1S/C54H74N2O9/c1-63-53-42(23-32-17-21-55-29-32)50(43(30-57)51(60)52(53)61)48-27-45(59)39-11-7-34(26-47(39)65-48)33-9-14-46-41(25-33)49-38-13-10-37(56-36-5-3-2-4-6-36)24-35(38)8-12-40(49)44(58)16-20-54(62)19-15-31(28-54)18-22-64-46/h9-10,13-14,17,21,25,29,31,34-40,44-45,47-49,55-62H,2-8,11-12,15-16,18-20,22-24,26-28,30H2,1H3. The van der Waals surface area contributed by atoms with E-state index in [0.717, 1.165) is 69.1 Å². The van der Waals surface area contributed by atoms with Gasteiger partial charge in [-0.25, -0.2) is 0 Å². The molecule has 65 heavy (non-hydrogen) atoms. The first kappa shape index (κ1) is 45.2. The zero-order valence-electron chi connectivity index (χ0n) is 38.4. The van der Waals surface area contributed by atoms with Crippen molar-refractivity contribution in [1.29, 1.82) is 0 Å². The predicted molar refractivity (Wildman–Crippen MR) is 248 cm³/mol. The van der Waals surface area contributed by atoms with Gasteiger partial charge in [0.1, 0.15) is 5.75 Å². The summed E-state index contributed by atoms with van der Waals surface area (Å²) in [5.41, 5.74) is 4.01. The van der Waals surface area contributed by atoms with E-state index in [1.54, 1.807) is 0 Å². The van der Waals surface area contributed by atoms with Crippen molar-refractivity contribution in [2.75, 3.05) is 13.7 Å². The summed E-state index contributed by atoms with van der Waals surface area (Å²) < 4.78 is 19.6. The Morgan fingerprint density at radius 3 is 2.48 bits per heavy atom. The molecule has 3 aromatic rings. The van der Waals surface area contributed by atoms with Crippen LogP contribution < -0.4 is 14.8 Å². The highest BCUT2D eigenvalue weighted by Crippen LogP contribution is 2.56. The van der Waals surface area contributed by atoms with E-state index in [-0.39, 0.29) is 47.0 Å². The van der Waals surface area contributed by atoms with Crippen molar-refractivity contribution >= 4 is 0 Å². The van der Waals surface area contributed by atoms with Crippen LogP contribution in [0.2, 0.25) is 0 Å². The second-order valence-electron chi connectivity index (χ2n) is 21.5. The van der Waals surface area contributed by atoms with Gasteiger partial charge in [0, 0.05) is 54.4 Å². The number of methoxy groups -OCH3 is 1. The zero-order valence-corrected chi connectivity index (χ0v) is 38.4. The number of aromatic amines is 1. The van der Waals surface area contributed by atoms with E-state index in [4.69, 9.17) is 14.2 Å². The number of H-pyrrole nitrogens is 1. The zero-order chi connectivity index (χ0) is 44.8. The number of allylic oxidation sites excluding steroid dienone is 1. The van der Waals surface area contributed by atoms with Crippen LogP contribution in [0.25, 0.3) is 0 Å². The van der Waals surface area contributed by atoms with Crippen molar-refractivity contribution in [3.63, 3.8) is 0 Å². The van der Waals surface area contributed by atoms with E-state index in [1.807, 2.05) is 18.5 Å². The van der Waals surface area contributed by atoms with Crippen LogP contribution in [0, 0.1) is 29.6 Å². The lowest BCUT2D eigenvalue weighted by molar-refractivity contribution is -0.154. The van der Waals surface area contributed by atoms with E-state index >= 15 is 0 Å². The third-order valence-corrected chi connectivity index (χ3v) is 17.7. The average molecular weight is 895 g/mol. The molecular formula is C54H74N2O9. The molecule has 2 aromatic carbocycles. The van der Waals surface area contributed by atoms with Gasteiger partial charge < -0.3 is 55.2 Å². The van der Waals surface area contributed by atoms with Gasteiger partial charge in [0.15, 0.2) is 11.5 Å². The molecule has 10 rings (SSSR count). The summed E-state index contributed by atoms with van der Waals surface area (Å²) in [5.74, 6) is 1.57. The van der Waals surface area contributed by atoms with Crippen LogP contribution >= 0.6 is 0 Å². The molecule has 5 fully saturated rings. The third kappa shape index (κ3) is 9.11. The predicted octanol–water partition coefficient (Wildman–Crippen LogP) is 8.72. The molecule has 13 atom stereocenters. The molecular weight excluding hydrogens is 821 g/mol. The number of aliphatic hydroxyl groups is 4. The number of ether oxygens (including phenoxy) is 3. The Morgan fingerprint density at radius 2 is 1.68 bits per heavy atom. The summed E-state index contributed by atoms with van der Waals surface area (Å²) in [6.07, 6.45) is 23.9. The maximum Gasteiger partial charge on any atom is 0.201 e. The fourth-order valence-corrected chi connectivity index (χ4v) is 14.3. The molecule has 1 saturated heterocycles. The fourth-order valence-electron chi connectivity index (χ4n) is 14.3. The quantitative estimate of drug-likeness (QED) is 0.0807. The summed E-state index contributed by atoms with van der Waals surface area (Å²) >= 11 is 0. The highest BCUT2D eigenvalue weighted by molar-refractivity contribution is 5.64. The van der Waals surface area contributed by atoms with Crippen LogP contribution in [-0.2, 0) is 17.8 Å². The number of fused-ring (bicyclic) bond motifs is 8. The third-order valence-electron chi connectivity index (χ3n) is 17.7. The fraction of sp³-hybridized carbons (Fsp3) is 0.667. The second kappa shape index (κ2) is 19.2. The van der Waals surface area contributed by atoms with Gasteiger partial charge in [-0.3, -0.25) is 0 Å². The van der Waals surface area contributed by atoms with Gasteiger partial charge >= 0.3 is 0 Å². The first-order valence-electron chi connectivity index (χ1n) is 25.4. The summed E-state index contributed by atoms with van der Waals surface area (Å²) in [6, 6.07) is 9.74. The topological polar surface area (TPSA) is 177 Å². The largest absolute Gasteiger partial charge is 0.504 e. The van der Waals surface area contributed by atoms with Gasteiger partial charge in [-0.1, -0.05) is 43.5 Å². The van der Waals surface area contributed by atoms with Crippen molar-refractivity contribution < 1.29 is 44.8 Å². The van der Waals surface area contributed by atoms with Gasteiger partial charge in [0.2, 0.25) is 5.75 Å². The lowest BCUT2D eigenvalue weighted by Crippen LogP contribution is -2.46. The Labute approximate surface area is 385 Å². The van der Waals surface area contributed by atoms with Crippen molar-refractivity contribution in [3.8, 4) is 23.0 Å². The second-order valence-corrected chi connectivity index (χ2v) is 21.5. The number of aliphatic hydroxyl groups excluding tert-OH is 3. The Bertz CT molecular complexity index is 2140.